The molecule has 0 saturated heterocycles. The number of phenols is 2. The number of hydrogen-bond acceptors (Lipinski definition) is 6. The minimum atomic E-state index is -1.45. The van der Waals surface area contributed by atoms with E-state index in [0.29, 0.717) is 11.3 Å². The van der Waals surface area contributed by atoms with Gasteiger partial charge in [0.2, 0.25) is 5.78 Å². The Morgan fingerprint density at radius 3 is 2.43 bits per heavy atom. The lowest BCUT2D eigenvalue weighted by Gasteiger charge is -2.30. The SMILES string of the molecule is Nc1ccc(C2Oc3cc(O)cc(O)c3C(=O)C2O)cc1. The van der Waals surface area contributed by atoms with Crippen molar-refractivity contribution < 1.29 is 24.9 Å². The molecule has 2 unspecified atom stereocenters. The van der Waals surface area contributed by atoms with Gasteiger partial charge in [0.25, 0.3) is 0 Å². The molecular formula is C15H13NO5. The standard InChI is InChI=1S/C15H13NO5/c16-8-3-1-7(2-4-8)15-14(20)13(19)12-10(18)5-9(17)6-11(12)21-15/h1-6,14-15,17-18,20H,16H2. The molecule has 1 heterocycles. The lowest BCUT2D eigenvalue weighted by molar-refractivity contribution is 0.0211. The van der Waals surface area contributed by atoms with Crippen LogP contribution in [0.2, 0.25) is 0 Å². The Bertz CT molecular complexity index is 711. The van der Waals surface area contributed by atoms with Crippen LogP contribution in [0.15, 0.2) is 36.4 Å². The molecule has 0 fully saturated rings. The van der Waals surface area contributed by atoms with Gasteiger partial charge in [-0.25, -0.2) is 0 Å². The molecule has 0 saturated carbocycles. The summed E-state index contributed by atoms with van der Waals surface area (Å²) in [6.45, 7) is 0. The highest BCUT2D eigenvalue weighted by Crippen LogP contribution is 2.41. The largest absolute Gasteiger partial charge is 0.508 e. The molecule has 1 aliphatic rings. The van der Waals surface area contributed by atoms with Gasteiger partial charge in [-0.1, -0.05) is 12.1 Å². The van der Waals surface area contributed by atoms with Crippen LogP contribution in [0, 0.1) is 0 Å². The van der Waals surface area contributed by atoms with E-state index < -0.39 is 23.7 Å². The number of carbonyl (C=O) groups is 1. The Balaban J connectivity index is 2.07. The summed E-state index contributed by atoms with van der Waals surface area (Å²) in [6.07, 6.45) is -2.37. The van der Waals surface area contributed by atoms with Gasteiger partial charge < -0.3 is 25.8 Å². The number of aliphatic hydroxyl groups is 1. The van der Waals surface area contributed by atoms with Crippen molar-refractivity contribution in [2.75, 3.05) is 5.73 Å². The Morgan fingerprint density at radius 2 is 1.76 bits per heavy atom. The fourth-order valence-electron chi connectivity index (χ4n) is 2.35. The second-order valence-electron chi connectivity index (χ2n) is 4.85. The second-order valence-corrected chi connectivity index (χ2v) is 4.85. The molecule has 6 heteroatoms. The van der Waals surface area contributed by atoms with E-state index >= 15 is 0 Å². The molecule has 0 radical (unpaired) electrons. The zero-order valence-corrected chi connectivity index (χ0v) is 10.9. The number of nitrogens with two attached hydrogens (primary N) is 1. The van der Waals surface area contributed by atoms with Gasteiger partial charge in [-0.15, -0.1) is 0 Å². The number of ether oxygens (including phenoxy) is 1. The molecule has 0 bridgehead atoms. The minimum absolute atomic E-state index is 0.0321. The summed E-state index contributed by atoms with van der Waals surface area (Å²) >= 11 is 0. The molecule has 21 heavy (non-hydrogen) atoms. The first-order valence-electron chi connectivity index (χ1n) is 6.27. The Kier molecular flexibility index (Phi) is 2.95. The number of carbonyl (C=O) groups excluding carboxylic acids is 1. The van der Waals surface area contributed by atoms with E-state index in [1.807, 2.05) is 0 Å². The number of hydrogen-bond donors (Lipinski definition) is 4. The number of nitrogen functional groups attached to an aromatic ring is 1. The number of ketones is 1. The first-order valence-corrected chi connectivity index (χ1v) is 6.27. The molecule has 3 rings (SSSR count). The number of phenolic OH excluding ortho intramolecular Hbond substituents is 2. The predicted octanol–water partition coefficient (Wildman–Crippen LogP) is 1.36. The summed E-state index contributed by atoms with van der Waals surface area (Å²) < 4.78 is 5.57. The van der Waals surface area contributed by atoms with Gasteiger partial charge in [0, 0.05) is 17.8 Å². The van der Waals surface area contributed by atoms with Gasteiger partial charge in [0.15, 0.2) is 12.2 Å². The average Bonchev–Trinajstić information content (AvgIpc) is 2.43. The molecule has 0 spiro atoms. The Morgan fingerprint density at radius 1 is 1.10 bits per heavy atom. The van der Waals surface area contributed by atoms with Crippen LogP contribution in [0.4, 0.5) is 5.69 Å². The Labute approximate surface area is 120 Å². The van der Waals surface area contributed by atoms with Gasteiger partial charge >= 0.3 is 0 Å². The van der Waals surface area contributed by atoms with Gasteiger partial charge in [-0.2, -0.15) is 0 Å². The maximum atomic E-state index is 12.2. The lowest BCUT2D eigenvalue weighted by Crippen LogP contribution is -2.36. The van der Waals surface area contributed by atoms with Crippen molar-refractivity contribution in [2.45, 2.75) is 12.2 Å². The first kappa shape index (κ1) is 13.3. The van der Waals surface area contributed by atoms with Gasteiger partial charge in [0.1, 0.15) is 22.8 Å². The summed E-state index contributed by atoms with van der Waals surface area (Å²) in [7, 11) is 0. The quantitative estimate of drug-likeness (QED) is 0.589. The third-order valence-corrected chi connectivity index (χ3v) is 3.39. The normalized spacial score (nSPS) is 20.7. The van der Waals surface area contributed by atoms with Crippen molar-refractivity contribution in [3.8, 4) is 17.2 Å². The van der Waals surface area contributed by atoms with Crippen molar-refractivity contribution >= 4 is 11.5 Å². The highest BCUT2D eigenvalue weighted by Gasteiger charge is 2.38. The van der Waals surface area contributed by atoms with E-state index in [1.54, 1.807) is 24.3 Å². The smallest absolute Gasteiger partial charge is 0.202 e. The van der Waals surface area contributed by atoms with E-state index in [2.05, 4.69) is 0 Å². The molecule has 2 aromatic carbocycles. The summed E-state index contributed by atoms with van der Waals surface area (Å²) in [6, 6.07) is 8.80. The molecule has 5 N–H and O–H groups in total. The zero-order chi connectivity index (χ0) is 15.1. The monoisotopic (exact) mass is 287 g/mol. The molecule has 2 aromatic rings. The van der Waals surface area contributed by atoms with E-state index in [4.69, 9.17) is 10.5 Å². The number of benzene rings is 2. The zero-order valence-electron chi connectivity index (χ0n) is 10.9. The van der Waals surface area contributed by atoms with Crippen LogP contribution in [-0.2, 0) is 0 Å². The van der Waals surface area contributed by atoms with Crippen molar-refractivity contribution in [3.63, 3.8) is 0 Å². The molecule has 2 atom stereocenters. The van der Waals surface area contributed by atoms with E-state index in [9.17, 15) is 20.1 Å². The maximum Gasteiger partial charge on any atom is 0.202 e. The van der Waals surface area contributed by atoms with Crippen LogP contribution in [0.5, 0.6) is 17.2 Å². The summed E-state index contributed by atoms with van der Waals surface area (Å²) in [4.78, 5) is 12.2. The summed E-state index contributed by atoms with van der Waals surface area (Å²) in [5.74, 6) is -1.28. The number of Topliss-reactive ketones (excluding diaryl/α,β-unsaturated/α-hetero) is 1. The average molecular weight is 287 g/mol. The van der Waals surface area contributed by atoms with Crippen LogP contribution < -0.4 is 10.5 Å². The van der Waals surface area contributed by atoms with Crippen LogP contribution >= 0.6 is 0 Å². The molecule has 1 aliphatic heterocycles. The lowest BCUT2D eigenvalue weighted by atomic mass is 9.93. The topological polar surface area (TPSA) is 113 Å². The summed E-state index contributed by atoms with van der Waals surface area (Å²) in [5, 5.41) is 29.3. The molecule has 0 aliphatic carbocycles. The number of rotatable bonds is 1. The van der Waals surface area contributed by atoms with Crippen LogP contribution in [0.3, 0.4) is 0 Å². The Hall–Kier alpha value is -2.73. The fourth-order valence-corrected chi connectivity index (χ4v) is 2.35. The van der Waals surface area contributed by atoms with Crippen molar-refractivity contribution in [3.05, 3.63) is 47.5 Å². The third-order valence-electron chi connectivity index (χ3n) is 3.39. The van der Waals surface area contributed by atoms with Crippen LogP contribution in [0.1, 0.15) is 22.0 Å². The second kappa shape index (κ2) is 4.68. The highest BCUT2D eigenvalue weighted by molar-refractivity contribution is 6.05. The molecule has 6 nitrogen and oxygen atoms in total. The highest BCUT2D eigenvalue weighted by atomic mass is 16.5. The maximum absolute atomic E-state index is 12.2. The molecular weight excluding hydrogens is 274 g/mol. The van der Waals surface area contributed by atoms with E-state index in [1.165, 1.54) is 6.07 Å². The number of aliphatic hydroxyl groups excluding tert-OH is 1. The summed E-state index contributed by atoms with van der Waals surface area (Å²) in [5.41, 5.74) is 6.58. The van der Waals surface area contributed by atoms with Crippen molar-refractivity contribution in [1.82, 2.24) is 0 Å². The predicted molar refractivity (Wildman–Crippen MR) is 74.3 cm³/mol. The number of aromatic hydroxyl groups is 2. The number of anilines is 1. The third kappa shape index (κ3) is 2.15. The first-order chi connectivity index (χ1) is 9.97. The minimum Gasteiger partial charge on any atom is -0.508 e. The van der Waals surface area contributed by atoms with E-state index in [0.717, 1.165) is 6.07 Å². The van der Waals surface area contributed by atoms with Gasteiger partial charge in [-0.05, 0) is 17.7 Å². The van der Waals surface area contributed by atoms with Crippen molar-refractivity contribution in [2.24, 2.45) is 0 Å². The molecule has 0 aromatic heterocycles. The fraction of sp³-hybridized carbons (Fsp3) is 0.133. The van der Waals surface area contributed by atoms with E-state index in [-0.39, 0.29) is 17.1 Å². The van der Waals surface area contributed by atoms with Gasteiger partial charge in [0.05, 0.1) is 0 Å². The van der Waals surface area contributed by atoms with Crippen LogP contribution in [0.25, 0.3) is 0 Å². The molecule has 108 valence electrons. The van der Waals surface area contributed by atoms with Crippen molar-refractivity contribution in [1.29, 1.82) is 0 Å². The van der Waals surface area contributed by atoms with Crippen LogP contribution in [-0.4, -0.2) is 27.2 Å². The molecule has 0 amide bonds. The van der Waals surface area contributed by atoms with Gasteiger partial charge in [-0.3, -0.25) is 4.79 Å². The number of fused-ring (bicyclic) bond motifs is 1.